The summed E-state index contributed by atoms with van der Waals surface area (Å²) < 4.78 is 5.54. The van der Waals surface area contributed by atoms with Gasteiger partial charge in [0.15, 0.2) is 0 Å². The highest BCUT2D eigenvalue weighted by Gasteiger charge is 2.22. The Morgan fingerprint density at radius 2 is 1.84 bits per heavy atom. The van der Waals surface area contributed by atoms with Gasteiger partial charge in [-0.15, -0.1) is 0 Å². The van der Waals surface area contributed by atoms with Gasteiger partial charge in [0, 0.05) is 16.1 Å². The number of ether oxygens (including phenoxy) is 1. The molecule has 0 radical (unpaired) electrons. The third kappa shape index (κ3) is 4.87. The smallest absolute Gasteiger partial charge is 0.379 e. The third-order valence-corrected chi connectivity index (χ3v) is 2.71. The quantitative estimate of drug-likeness (QED) is 0.401. The summed E-state index contributed by atoms with van der Waals surface area (Å²) in [4.78, 5) is 23.1. The fourth-order valence-corrected chi connectivity index (χ4v) is 1.75. The zero-order valence-electron chi connectivity index (χ0n) is 10.9. The van der Waals surface area contributed by atoms with Crippen molar-refractivity contribution in [3.63, 3.8) is 0 Å². The Kier molecular flexibility index (Phi) is 4.89. The highest BCUT2D eigenvalue weighted by Crippen LogP contribution is 2.22. The Hall–Kier alpha value is -1.62. The first-order valence-electron chi connectivity index (χ1n) is 5.63. The first kappa shape index (κ1) is 15.4. The van der Waals surface area contributed by atoms with Gasteiger partial charge in [-0.2, -0.15) is 0 Å². The molecule has 0 aliphatic carbocycles. The lowest BCUT2D eigenvalue weighted by molar-refractivity contribution is -0.160. The molecule has 0 bridgehead atoms. The molecule has 0 aliphatic heterocycles. The Balaban J connectivity index is 2.88. The number of rotatable bonds is 3. The van der Waals surface area contributed by atoms with Crippen LogP contribution in [0.25, 0.3) is 5.76 Å². The summed E-state index contributed by atoms with van der Waals surface area (Å²) in [5.74, 6) is -2.18. The summed E-state index contributed by atoms with van der Waals surface area (Å²) in [5.41, 5.74) is -0.316. The molecule has 0 unspecified atom stereocenters. The summed E-state index contributed by atoms with van der Waals surface area (Å²) in [6, 6.07) is 6.83. The van der Waals surface area contributed by atoms with E-state index in [1.165, 1.54) is 0 Å². The molecule has 1 aromatic rings. The molecule has 4 nitrogen and oxygen atoms in total. The summed E-state index contributed by atoms with van der Waals surface area (Å²) in [6.45, 7) is 4.99. The number of hydrogen-bond donors (Lipinski definition) is 1. The van der Waals surface area contributed by atoms with Gasteiger partial charge in [-0.25, -0.2) is 4.79 Å². The summed E-state index contributed by atoms with van der Waals surface area (Å²) in [6.07, 6.45) is 0.855. The Labute approximate surface area is 120 Å². The maximum absolute atomic E-state index is 11.6. The molecule has 0 saturated heterocycles. The van der Waals surface area contributed by atoms with Crippen molar-refractivity contribution in [3.05, 3.63) is 40.4 Å². The Bertz CT molecular complexity index is 526. The van der Waals surface area contributed by atoms with E-state index in [4.69, 9.17) is 4.74 Å². The van der Waals surface area contributed by atoms with Crippen LogP contribution in [-0.4, -0.2) is 22.5 Å². The molecule has 0 heterocycles. The van der Waals surface area contributed by atoms with Crippen molar-refractivity contribution < 1.29 is 19.4 Å². The van der Waals surface area contributed by atoms with Gasteiger partial charge >= 0.3 is 5.97 Å². The molecule has 0 saturated carbocycles. The van der Waals surface area contributed by atoms with Crippen LogP contribution in [0, 0.1) is 0 Å². The number of esters is 1. The molecule has 0 aliphatic rings. The topological polar surface area (TPSA) is 63.6 Å². The molecule has 0 atom stereocenters. The van der Waals surface area contributed by atoms with Crippen LogP contribution in [0.15, 0.2) is 34.8 Å². The number of aliphatic hydroxyl groups excluding tert-OH is 1. The van der Waals surface area contributed by atoms with E-state index in [1.807, 2.05) is 0 Å². The molecule has 0 fully saturated rings. The maximum Gasteiger partial charge on any atom is 0.379 e. The van der Waals surface area contributed by atoms with E-state index < -0.39 is 17.4 Å². The minimum Gasteiger partial charge on any atom is -0.507 e. The number of carbonyl (C=O) groups is 2. The van der Waals surface area contributed by atoms with E-state index >= 15 is 0 Å². The number of ketones is 1. The van der Waals surface area contributed by atoms with Crippen molar-refractivity contribution in [3.8, 4) is 0 Å². The minimum atomic E-state index is -0.994. The average Bonchev–Trinajstić information content (AvgIpc) is 2.27. The monoisotopic (exact) mass is 326 g/mol. The van der Waals surface area contributed by atoms with E-state index in [2.05, 4.69) is 15.9 Å². The lowest BCUT2D eigenvalue weighted by Crippen LogP contribution is -2.28. The second-order valence-electron chi connectivity index (χ2n) is 4.88. The van der Waals surface area contributed by atoms with Gasteiger partial charge in [0.1, 0.15) is 11.4 Å². The van der Waals surface area contributed by atoms with Gasteiger partial charge in [-0.3, -0.25) is 4.79 Å². The molecule has 5 heteroatoms. The predicted molar refractivity (Wildman–Crippen MR) is 75.6 cm³/mol. The lowest BCUT2D eigenvalue weighted by Gasteiger charge is -2.18. The van der Waals surface area contributed by atoms with Crippen molar-refractivity contribution >= 4 is 33.4 Å². The van der Waals surface area contributed by atoms with Crippen molar-refractivity contribution in [1.82, 2.24) is 0 Å². The first-order valence-corrected chi connectivity index (χ1v) is 6.43. The molecule has 0 amide bonds. The first-order chi connectivity index (χ1) is 8.70. The molecular formula is C14H15BrO4. The van der Waals surface area contributed by atoms with Crippen LogP contribution < -0.4 is 0 Å². The Morgan fingerprint density at radius 3 is 2.37 bits per heavy atom. The van der Waals surface area contributed by atoms with E-state index in [9.17, 15) is 14.7 Å². The summed E-state index contributed by atoms with van der Waals surface area (Å²) in [5, 5.41) is 9.82. The molecule has 1 rings (SSSR count). The molecule has 1 aromatic carbocycles. The Morgan fingerprint density at radius 1 is 1.26 bits per heavy atom. The van der Waals surface area contributed by atoms with Gasteiger partial charge in [0.2, 0.25) is 0 Å². The number of carbonyl (C=O) groups excluding carboxylic acids is 2. The molecule has 0 spiro atoms. The van der Waals surface area contributed by atoms with Crippen molar-refractivity contribution in [2.45, 2.75) is 26.4 Å². The van der Waals surface area contributed by atoms with Crippen LogP contribution in [0.4, 0.5) is 0 Å². The van der Waals surface area contributed by atoms with E-state index in [0.29, 0.717) is 10.0 Å². The van der Waals surface area contributed by atoms with Gasteiger partial charge in [0.25, 0.3) is 5.78 Å². The third-order valence-electron chi connectivity index (χ3n) is 2.02. The SMILES string of the molecule is CC(C)(C)OC(=O)C(=O)C=C(O)c1ccccc1Br. The van der Waals surface area contributed by atoms with E-state index in [1.54, 1.807) is 45.0 Å². The maximum atomic E-state index is 11.6. The lowest BCUT2D eigenvalue weighted by atomic mass is 10.1. The van der Waals surface area contributed by atoms with Gasteiger partial charge in [0.05, 0.1) is 0 Å². The number of hydrogen-bond acceptors (Lipinski definition) is 4. The molecule has 1 N–H and O–H groups in total. The van der Waals surface area contributed by atoms with Crippen LogP contribution in [-0.2, 0) is 14.3 Å². The molecule has 102 valence electrons. The van der Waals surface area contributed by atoms with Crippen LogP contribution >= 0.6 is 15.9 Å². The van der Waals surface area contributed by atoms with Crippen molar-refractivity contribution in [2.24, 2.45) is 0 Å². The van der Waals surface area contributed by atoms with Crippen molar-refractivity contribution in [2.75, 3.05) is 0 Å². The molecular weight excluding hydrogens is 312 g/mol. The fraction of sp³-hybridized carbons (Fsp3) is 0.286. The molecule has 0 aromatic heterocycles. The summed E-state index contributed by atoms with van der Waals surface area (Å²) in [7, 11) is 0. The van der Waals surface area contributed by atoms with Crippen LogP contribution in [0.1, 0.15) is 26.3 Å². The largest absolute Gasteiger partial charge is 0.507 e. The van der Waals surface area contributed by atoms with E-state index in [0.717, 1.165) is 6.08 Å². The highest BCUT2D eigenvalue weighted by molar-refractivity contribution is 9.10. The summed E-state index contributed by atoms with van der Waals surface area (Å²) >= 11 is 3.24. The van der Waals surface area contributed by atoms with Gasteiger partial charge < -0.3 is 9.84 Å². The fourth-order valence-electron chi connectivity index (χ4n) is 1.26. The zero-order valence-corrected chi connectivity index (χ0v) is 12.5. The van der Waals surface area contributed by atoms with Crippen LogP contribution in [0.5, 0.6) is 0 Å². The normalized spacial score (nSPS) is 12.1. The number of aliphatic hydroxyl groups is 1. The molecule has 19 heavy (non-hydrogen) atoms. The second-order valence-corrected chi connectivity index (χ2v) is 5.73. The van der Waals surface area contributed by atoms with Crippen LogP contribution in [0.3, 0.4) is 0 Å². The van der Waals surface area contributed by atoms with Gasteiger partial charge in [-0.05, 0) is 26.8 Å². The average molecular weight is 327 g/mol. The highest BCUT2D eigenvalue weighted by atomic mass is 79.9. The van der Waals surface area contributed by atoms with Crippen molar-refractivity contribution in [1.29, 1.82) is 0 Å². The standard InChI is InChI=1S/C14H15BrO4/c1-14(2,3)19-13(18)12(17)8-11(16)9-6-4-5-7-10(9)15/h4-8,16H,1-3H3. The zero-order chi connectivity index (χ0) is 14.6. The van der Waals surface area contributed by atoms with Crippen LogP contribution in [0.2, 0.25) is 0 Å². The predicted octanol–water partition coefficient (Wildman–Crippen LogP) is 3.26. The minimum absolute atomic E-state index is 0.289. The second kappa shape index (κ2) is 6.02. The number of benzene rings is 1. The van der Waals surface area contributed by atoms with E-state index in [-0.39, 0.29) is 5.76 Å². The van der Waals surface area contributed by atoms with Gasteiger partial charge in [-0.1, -0.05) is 34.1 Å². The number of halogens is 1.